The predicted octanol–water partition coefficient (Wildman–Crippen LogP) is 0.725. The Kier molecular flexibility index (Phi) is 1.67. The van der Waals surface area contributed by atoms with E-state index in [2.05, 4.69) is 9.68 Å². The predicted molar refractivity (Wildman–Crippen MR) is 29.5 cm³/mol. The fraction of sp³-hybridized carbons (Fsp3) is 0.400. The minimum Gasteiger partial charge on any atom is -0.364 e. The Hall–Kier alpha value is -0.970. The molecule has 0 spiro atoms. The molecule has 0 aromatic carbocycles. The van der Waals surface area contributed by atoms with Crippen molar-refractivity contribution in [3.8, 4) is 0 Å². The smallest absolute Gasteiger partial charge is 0.305 e. The van der Waals surface area contributed by atoms with Crippen LogP contribution in [0.2, 0.25) is 0 Å². The number of rotatable bonds is 2. The SMILES string of the molecule is NCC(F)(F)c1ccon1. The van der Waals surface area contributed by atoms with Gasteiger partial charge < -0.3 is 10.3 Å². The Bertz CT molecular complexity index is 197. The number of alkyl halides is 2. The molecule has 3 nitrogen and oxygen atoms in total. The quantitative estimate of drug-likeness (QED) is 0.672. The lowest BCUT2D eigenvalue weighted by Crippen LogP contribution is -2.25. The van der Waals surface area contributed by atoms with Gasteiger partial charge in [-0.25, -0.2) is 0 Å². The van der Waals surface area contributed by atoms with E-state index < -0.39 is 18.2 Å². The van der Waals surface area contributed by atoms with Gasteiger partial charge in [-0.2, -0.15) is 8.78 Å². The van der Waals surface area contributed by atoms with Gasteiger partial charge in [-0.3, -0.25) is 0 Å². The lowest BCUT2D eigenvalue weighted by atomic mass is 10.2. The second-order valence-electron chi connectivity index (χ2n) is 1.79. The van der Waals surface area contributed by atoms with Crippen molar-refractivity contribution in [2.24, 2.45) is 5.73 Å². The summed E-state index contributed by atoms with van der Waals surface area (Å²) in [5, 5.41) is 3.05. The van der Waals surface area contributed by atoms with Crippen LogP contribution in [0.15, 0.2) is 16.9 Å². The molecule has 0 amide bonds. The van der Waals surface area contributed by atoms with Crippen molar-refractivity contribution in [2.75, 3.05) is 6.54 Å². The summed E-state index contributed by atoms with van der Waals surface area (Å²) < 4.78 is 29.2. The summed E-state index contributed by atoms with van der Waals surface area (Å²) >= 11 is 0. The van der Waals surface area contributed by atoms with Gasteiger partial charge in [0.25, 0.3) is 0 Å². The molecule has 0 unspecified atom stereocenters. The van der Waals surface area contributed by atoms with Crippen LogP contribution in [0, 0.1) is 0 Å². The Balaban J connectivity index is 2.85. The van der Waals surface area contributed by atoms with Crippen LogP contribution in [0.4, 0.5) is 8.78 Å². The van der Waals surface area contributed by atoms with Gasteiger partial charge in [-0.05, 0) is 0 Å². The van der Waals surface area contributed by atoms with Gasteiger partial charge in [0.2, 0.25) is 0 Å². The molecule has 1 aromatic rings. The topological polar surface area (TPSA) is 52.0 Å². The molecule has 0 saturated carbocycles. The molecule has 5 heteroatoms. The Morgan fingerprint density at radius 1 is 1.70 bits per heavy atom. The van der Waals surface area contributed by atoms with Gasteiger partial charge in [0.15, 0.2) is 5.69 Å². The molecular weight excluding hydrogens is 142 g/mol. The van der Waals surface area contributed by atoms with Crippen LogP contribution >= 0.6 is 0 Å². The lowest BCUT2D eigenvalue weighted by molar-refractivity contribution is -0.00149. The molecule has 0 radical (unpaired) electrons. The third-order valence-electron chi connectivity index (χ3n) is 1.07. The third-order valence-corrected chi connectivity index (χ3v) is 1.07. The summed E-state index contributed by atoms with van der Waals surface area (Å²) in [5.74, 6) is -3.06. The first-order chi connectivity index (χ1) is 4.67. The number of hydrogen-bond donors (Lipinski definition) is 1. The summed E-state index contributed by atoms with van der Waals surface area (Å²) in [6.07, 6.45) is 1.08. The van der Waals surface area contributed by atoms with E-state index in [4.69, 9.17) is 5.73 Å². The highest BCUT2D eigenvalue weighted by Crippen LogP contribution is 2.23. The maximum Gasteiger partial charge on any atom is 0.305 e. The zero-order valence-corrected chi connectivity index (χ0v) is 5.05. The van der Waals surface area contributed by atoms with Crippen molar-refractivity contribution in [1.82, 2.24) is 5.16 Å². The van der Waals surface area contributed by atoms with Crippen LogP contribution in [0.25, 0.3) is 0 Å². The van der Waals surface area contributed by atoms with Crippen molar-refractivity contribution in [3.63, 3.8) is 0 Å². The number of nitrogens with two attached hydrogens (primary N) is 1. The summed E-state index contributed by atoms with van der Waals surface area (Å²) in [4.78, 5) is 0. The van der Waals surface area contributed by atoms with Crippen molar-refractivity contribution in [3.05, 3.63) is 18.0 Å². The third kappa shape index (κ3) is 1.13. The van der Waals surface area contributed by atoms with Gasteiger partial charge in [0, 0.05) is 6.07 Å². The molecule has 0 saturated heterocycles. The zero-order chi connectivity index (χ0) is 7.61. The van der Waals surface area contributed by atoms with E-state index in [0.29, 0.717) is 0 Å². The monoisotopic (exact) mass is 148 g/mol. The molecule has 10 heavy (non-hydrogen) atoms. The summed E-state index contributed by atoms with van der Waals surface area (Å²) in [6, 6.07) is 1.09. The fourth-order valence-corrected chi connectivity index (χ4v) is 0.506. The number of hydrogen-bond acceptors (Lipinski definition) is 3. The van der Waals surface area contributed by atoms with Crippen LogP contribution in [-0.4, -0.2) is 11.7 Å². The van der Waals surface area contributed by atoms with E-state index in [1.807, 2.05) is 0 Å². The molecule has 56 valence electrons. The van der Waals surface area contributed by atoms with Crippen molar-refractivity contribution in [2.45, 2.75) is 5.92 Å². The van der Waals surface area contributed by atoms with E-state index in [0.717, 1.165) is 12.3 Å². The Morgan fingerprint density at radius 3 is 2.80 bits per heavy atom. The maximum atomic E-state index is 12.5. The largest absolute Gasteiger partial charge is 0.364 e. The van der Waals surface area contributed by atoms with Crippen LogP contribution in [0.5, 0.6) is 0 Å². The standard InChI is InChI=1S/C5H6F2N2O/c6-5(7,3-8)4-1-2-10-9-4/h1-2H,3,8H2. The normalized spacial score (nSPS) is 11.9. The van der Waals surface area contributed by atoms with Crippen LogP contribution in [0.1, 0.15) is 5.69 Å². The van der Waals surface area contributed by atoms with E-state index >= 15 is 0 Å². The summed E-state index contributed by atoms with van der Waals surface area (Å²) in [5.41, 5.74) is 4.34. The second-order valence-corrected chi connectivity index (χ2v) is 1.79. The Labute approximate surface area is 55.8 Å². The van der Waals surface area contributed by atoms with Crippen LogP contribution in [-0.2, 0) is 5.92 Å². The van der Waals surface area contributed by atoms with Gasteiger partial charge in [0.1, 0.15) is 6.26 Å². The highest BCUT2D eigenvalue weighted by molar-refractivity contribution is 5.04. The van der Waals surface area contributed by atoms with E-state index in [-0.39, 0.29) is 0 Å². The minimum absolute atomic E-state index is 0.421. The molecule has 0 aliphatic rings. The molecule has 1 rings (SSSR count). The molecule has 0 aliphatic heterocycles. The molecule has 2 N–H and O–H groups in total. The molecule has 0 bridgehead atoms. The fourth-order valence-electron chi connectivity index (χ4n) is 0.506. The zero-order valence-electron chi connectivity index (χ0n) is 5.05. The molecule has 0 aliphatic carbocycles. The first-order valence-electron chi connectivity index (χ1n) is 2.65. The van der Waals surface area contributed by atoms with Crippen molar-refractivity contribution >= 4 is 0 Å². The molecule has 1 aromatic heterocycles. The first kappa shape index (κ1) is 7.14. The number of nitrogens with zero attached hydrogens (tertiary/aromatic N) is 1. The van der Waals surface area contributed by atoms with Gasteiger partial charge in [0.05, 0.1) is 6.54 Å². The average Bonchev–Trinajstić information content (AvgIpc) is 2.38. The molecular formula is C5H6F2N2O. The first-order valence-corrected chi connectivity index (χ1v) is 2.65. The van der Waals surface area contributed by atoms with Gasteiger partial charge in [-0.1, -0.05) is 5.16 Å². The van der Waals surface area contributed by atoms with Crippen molar-refractivity contribution < 1.29 is 13.3 Å². The number of halogens is 2. The average molecular weight is 148 g/mol. The van der Waals surface area contributed by atoms with Crippen molar-refractivity contribution in [1.29, 1.82) is 0 Å². The summed E-state index contributed by atoms with van der Waals surface area (Å²) in [7, 11) is 0. The van der Waals surface area contributed by atoms with Crippen LogP contribution in [0.3, 0.4) is 0 Å². The lowest BCUT2D eigenvalue weighted by Gasteiger charge is -2.07. The molecule has 0 atom stereocenters. The van der Waals surface area contributed by atoms with E-state index in [9.17, 15) is 8.78 Å². The highest BCUT2D eigenvalue weighted by atomic mass is 19.3. The minimum atomic E-state index is -3.06. The van der Waals surface area contributed by atoms with E-state index in [1.54, 1.807) is 0 Å². The highest BCUT2D eigenvalue weighted by Gasteiger charge is 2.32. The number of aromatic nitrogens is 1. The Morgan fingerprint density at radius 2 is 2.40 bits per heavy atom. The molecule has 1 heterocycles. The maximum absolute atomic E-state index is 12.5. The van der Waals surface area contributed by atoms with E-state index in [1.165, 1.54) is 0 Å². The van der Waals surface area contributed by atoms with Gasteiger partial charge in [-0.15, -0.1) is 0 Å². The summed E-state index contributed by atoms with van der Waals surface area (Å²) in [6.45, 7) is -0.750. The van der Waals surface area contributed by atoms with Crippen LogP contribution < -0.4 is 5.73 Å². The second kappa shape index (κ2) is 2.34. The molecule has 0 fully saturated rings. The van der Waals surface area contributed by atoms with Gasteiger partial charge >= 0.3 is 5.92 Å².